The lowest BCUT2D eigenvalue weighted by atomic mass is 10.0. The van der Waals surface area contributed by atoms with Gasteiger partial charge in [0.2, 0.25) is 5.91 Å². The van der Waals surface area contributed by atoms with Crippen molar-refractivity contribution in [1.29, 1.82) is 0 Å². The van der Waals surface area contributed by atoms with E-state index in [4.69, 9.17) is 4.74 Å². The first-order chi connectivity index (χ1) is 26.5. The predicted molar refractivity (Wildman–Crippen MR) is 232 cm³/mol. The summed E-state index contributed by atoms with van der Waals surface area (Å²) in [4.78, 5) is 24.4. The number of unbranched alkanes of at least 4 members (excludes halogenated alkanes) is 31. The second kappa shape index (κ2) is 44.3. The van der Waals surface area contributed by atoms with Crippen LogP contribution in [0.15, 0.2) is 12.2 Å². The van der Waals surface area contributed by atoms with Crippen LogP contribution in [0, 0.1) is 0 Å². The summed E-state index contributed by atoms with van der Waals surface area (Å²) in [5, 5.41) is 23.2. The van der Waals surface area contributed by atoms with E-state index < -0.39 is 12.1 Å². The van der Waals surface area contributed by atoms with E-state index in [-0.39, 0.29) is 18.5 Å². The van der Waals surface area contributed by atoms with E-state index in [2.05, 4.69) is 31.3 Å². The quantitative estimate of drug-likeness (QED) is 0.0326. The fourth-order valence-electron chi connectivity index (χ4n) is 7.34. The lowest BCUT2D eigenvalue weighted by Crippen LogP contribution is -2.45. The van der Waals surface area contributed by atoms with E-state index in [1.165, 1.54) is 167 Å². The van der Waals surface area contributed by atoms with Crippen molar-refractivity contribution >= 4 is 11.9 Å². The highest BCUT2D eigenvalue weighted by Crippen LogP contribution is 2.16. The number of hydrogen-bond acceptors (Lipinski definition) is 5. The molecule has 0 fully saturated rings. The van der Waals surface area contributed by atoms with Crippen molar-refractivity contribution in [1.82, 2.24) is 5.32 Å². The van der Waals surface area contributed by atoms with Gasteiger partial charge >= 0.3 is 5.97 Å². The van der Waals surface area contributed by atoms with Crippen molar-refractivity contribution < 1.29 is 24.5 Å². The Labute approximate surface area is 336 Å². The minimum absolute atomic E-state index is 0.0335. The van der Waals surface area contributed by atoms with Gasteiger partial charge in [0.25, 0.3) is 0 Å². The van der Waals surface area contributed by atoms with Gasteiger partial charge in [-0.25, -0.2) is 0 Å². The molecule has 0 aliphatic rings. The second-order valence-electron chi connectivity index (χ2n) is 16.4. The number of allylic oxidation sites excluding steroid dienone is 2. The predicted octanol–water partition coefficient (Wildman–Crippen LogP) is 13.8. The number of esters is 1. The SMILES string of the molecule is CCCCCCC/C=C\CCCCCCCC(=O)OCCCCCCCCCCCC(=O)NC(CO)C(O)CCCCCCCCCCCCCCCC. The fourth-order valence-corrected chi connectivity index (χ4v) is 7.34. The van der Waals surface area contributed by atoms with Crippen molar-refractivity contribution in [3.05, 3.63) is 12.2 Å². The monoisotopic (exact) mass is 764 g/mol. The van der Waals surface area contributed by atoms with Crippen LogP contribution in [-0.2, 0) is 14.3 Å². The van der Waals surface area contributed by atoms with E-state index in [1.54, 1.807) is 0 Å². The Kier molecular flexibility index (Phi) is 43.2. The van der Waals surface area contributed by atoms with Crippen LogP contribution in [0.4, 0.5) is 0 Å². The molecule has 1 amide bonds. The Morgan fingerprint density at radius 3 is 1.31 bits per heavy atom. The van der Waals surface area contributed by atoms with Crippen molar-refractivity contribution in [3.8, 4) is 0 Å². The highest BCUT2D eigenvalue weighted by molar-refractivity contribution is 5.76. The standard InChI is InChI=1S/C48H93NO5/c1-3-5-7-9-11-13-15-17-19-21-24-28-32-36-40-46(51)45(44-50)49-47(52)41-37-33-29-25-23-27-31-35-39-43-54-48(53)42-38-34-30-26-22-20-18-16-14-12-10-8-6-4-2/h16,18,45-46,50-51H,3-15,17,19-44H2,1-2H3,(H,49,52)/b18-16-. The molecule has 320 valence electrons. The number of rotatable bonds is 44. The number of aliphatic hydroxyl groups is 2. The summed E-state index contributed by atoms with van der Waals surface area (Å²) in [7, 11) is 0. The van der Waals surface area contributed by atoms with Crippen molar-refractivity contribution in [2.24, 2.45) is 0 Å². The van der Waals surface area contributed by atoms with E-state index in [0.717, 1.165) is 57.8 Å². The van der Waals surface area contributed by atoms with Gasteiger partial charge in [0.15, 0.2) is 0 Å². The van der Waals surface area contributed by atoms with Crippen LogP contribution in [0.5, 0.6) is 0 Å². The Morgan fingerprint density at radius 1 is 0.500 bits per heavy atom. The molecule has 0 aliphatic carbocycles. The summed E-state index contributed by atoms with van der Waals surface area (Å²) < 4.78 is 5.44. The molecule has 0 heterocycles. The Balaban J connectivity index is 3.50. The molecule has 0 saturated carbocycles. The van der Waals surface area contributed by atoms with Crippen LogP contribution in [0.2, 0.25) is 0 Å². The topological polar surface area (TPSA) is 95.9 Å². The van der Waals surface area contributed by atoms with E-state index in [9.17, 15) is 19.8 Å². The number of amides is 1. The molecule has 0 aromatic carbocycles. The van der Waals surface area contributed by atoms with Crippen molar-refractivity contribution in [2.75, 3.05) is 13.2 Å². The van der Waals surface area contributed by atoms with E-state index in [1.807, 2.05) is 0 Å². The largest absolute Gasteiger partial charge is 0.466 e. The first-order valence-corrected chi connectivity index (χ1v) is 23.9. The Bertz CT molecular complexity index is 802. The first kappa shape index (κ1) is 52.6. The van der Waals surface area contributed by atoms with Gasteiger partial charge in [-0.3, -0.25) is 9.59 Å². The molecule has 6 nitrogen and oxygen atoms in total. The van der Waals surface area contributed by atoms with E-state index >= 15 is 0 Å². The van der Waals surface area contributed by atoms with Crippen LogP contribution in [-0.4, -0.2) is 47.4 Å². The summed E-state index contributed by atoms with van der Waals surface area (Å²) in [6, 6.07) is -0.560. The van der Waals surface area contributed by atoms with Crippen LogP contribution < -0.4 is 5.32 Å². The molecule has 0 rings (SSSR count). The highest BCUT2D eigenvalue weighted by atomic mass is 16.5. The number of ether oxygens (including phenoxy) is 1. The van der Waals surface area contributed by atoms with Crippen molar-refractivity contribution in [2.45, 2.75) is 270 Å². The number of nitrogens with one attached hydrogen (secondary N) is 1. The maximum absolute atomic E-state index is 12.4. The molecule has 3 N–H and O–H groups in total. The minimum atomic E-state index is -0.680. The van der Waals surface area contributed by atoms with Crippen LogP contribution in [0.3, 0.4) is 0 Å². The summed E-state index contributed by atoms with van der Waals surface area (Å²) in [5.41, 5.74) is 0. The van der Waals surface area contributed by atoms with Gasteiger partial charge in [-0.15, -0.1) is 0 Å². The molecule has 0 saturated heterocycles. The van der Waals surface area contributed by atoms with E-state index in [0.29, 0.717) is 25.9 Å². The normalized spacial score (nSPS) is 12.7. The molecular weight excluding hydrogens is 671 g/mol. The van der Waals surface area contributed by atoms with Gasteiger partial charge in [0, 0.05) is 12.8 Å². The zero-order valence-corrected chi connectivity index (χ0v) is 36.2. The fraction of sp³-hybridized carbons (Fsp3) is 0.917. The molecule has 0 aromatic rings. The highest BCUT2D eigenvalue weighted by Gasteiger charge is 2.20. The number of aliphatic hydroxyl groups excluding tert-OH is 2. The van der Waals surface area contributed by atoms with Crippen LogP contribution in [0.1, 0.15) is 258 Å². The maximum Gasteiger partial charge on any atom is 0.305 e. The van der Waals surface area contributed by atoms with Crippen molar-refractivity contribution in [3.63, 3.8) is 0 Å². The minimum Gasteiger partial charge on any atom is -0.466 e. The molecular formula is C48H93NO5. The smallest absolute Gasteiger partial charge is 0.305 e. The zero-order chi connectivity index (χ0) is 39.4. The number of carbonyl (C=O) groups is 2. The van der Waals surface area contributed by atoms with Gasteiger partial charge in [0.05, 0.1) is 25.4 Å². The zero-order valence-electron chi connectivity index (χ0n) is 36.2. The van der Waals surface area contributed by atoms with Gasteiger partial charge in [-0.2, -0.15) is 0 Å². The summed E-state index contributed by atoms with van der Waals surface area (Å²) in [5.74, 6) is -0.0963. The third kappa shape index (κ3) is 40.3. The van der Waals surface area contributed by atoms with Crippen LogP contribution in [0.25, 0.3) is 0 Å². The molecule has 0 spiro atoms. The molecule has 2 atom stereocenters. The lowest BCUT2D eigenvalue weighted by Gasteiger charge is -2.22. The van der Waals surface area contributed by atoms with Crippen LogP contribution >= 0.6 is 0 Å². The van der Waals surface area contributed by atoms with Gasteiger partial charge in [-0.05, 0) is 51.4 Å². The maximum atomic E-state index is 12.4. The third-order valence-electron chi connectivity index (χ3n) is 11.1. The first-order valence-electron chi connectivity index (χ1n) is 23.9. The average molecular weight is 764 g/mol. The Hall–Kier alpha value is -1.40. The van der Waals surface area contributed by atoms with Gasteiger partial charge in [0.1, 0.15) is 0 Å². The molecule has 0 aromatic heterocycles. The van der Waals surface area contributed by atoms with Gasteiger partial charge < -0.3 is 20.3 Å². The number of carbonyl (C=O) groups excluding carboxylic acids is 2. The summed E-state index contributed by atoms with van der Waals surface area (Å²) in [6.45, 7) is 4.87. The number of hydrogen-bond donors (Lipinski definition) is 3. The molecule has 0 aliphatic heterocycles. The summed E-state index contributed by atoms with van der Waals surface area (Å²) in [6.07, 6.45) is 48.8. The molecule has 6 heteroatoms. The second-order valence-corrected chi connectivity index (χ2v) is 16.4. The third-order valence-corrected chi connectivity index (χ3v) is 11.1. The van der Waals surface area contributed by atoms with Gasteiger partial charge in [-0.1, -0.05) is 206 Å². The summed E-state index contributed by atoms with van der Waals surface area (Å²) >= 11 is 0. The molecule has 0 bridgehead atoms. The molecule has 0 radical (unpaired) electrons. The molecule has 2 unspecified atom stereocenters. The Morgan fingerprint density at radius 2 is 0.870 bits per heavy atom. The average Bonchev–Trinajstić information content (AvgIpc) is 3.17. The molecule has 54 heavy (non-hydrogen) atoms. The lowest BCUT2D eigenvalue weighted by molar-refractivity contribution is -0.143.